The highest BCUT2D eigenvalue weighted by molar-refractivity contribution is 5.64. The third-order valence-corrected chi connectivity index (χ3v) is 7.76. The van der Waals surface area contributed by atoms with Crippen molar-refractivity contribution in [1.82, 2.24) is 19.4 Å². The minimum Gasteiger partial charge on any atom is -0.402 e. The molecule has 5 aliphatic rings. The lowest BCUT2D eigenvalue weighted by Gasteiger charge is -2.82. The van der Waals surface area contributed by atoms with Gasteiger partial charge >= 0.3 is 6.36 Å². The molecule has 3 saturated carbocycles. The Kier molecular flexibility index (Phi) is 3.83. The molecule has 4 heterocycles. The highest BCUT2D eigenvalue weighted by Crippen LogP contribution is 2.75. The fraction of sp³-hybridized carbons (Fsp3) is 0.619. The standard InChI is InChI=1S/C21H24F3N5O2/c1-12-6-16-27-14(13-7-15(18(25)26-8-13)31-21(22,23)24)9-29(16)20-10-19(11-20,17(12)20)28-2-4-30-5-3-28/h7-9,12,17H,2-6,10-11H2,1H3,(H2,25,26). The Morgan fingerprint density at radius 3 is 2.68 bits per heavy atom. The fourth-order valence-corrected chi connectivity index (χ4v) is 6.79. The Morgan fingerprint density at radius 2 is 1.97 bits per heavy atom. The highest BCUT2D eigenvalue weighted by Gasteiger charge is 2.80. The first-order valence-corrected chi connectivity index (χ1v) is 10.7. The maximum atomic E-state index is 12.7. The van der Waals surface area contributed by atoms with Gasteiger partial charge in [-0.05, 0) is 24.8 Å². The zero-order valence-electron chi connectivity index (χ0n) is 17.2. The Hall–Kier alpha value is -2.33. The second kappa shape index (κ2) is 6.13. The number of nitrogens with two attached hydrogens (primary N) is 1. The number of nitrogens with zero attached hydrogens (tertiary/aromatic N) is 4. The number of pyridine rings is 1. The van der Waals surface area contributed by atoms with Crippen LogP contribution in [0.5, 0.6) is 5.75 Å². The minimum atomic E-state index is -4.83. The molecule has 7 nitrogen and oxygen atoms in total. The first kappa shape index (κ1) is 19.4. The predicted molar refractivity (Wildman–Crippen MR) is 105 cm³/mol. The summed E-state index contributed by atoms with van der Waals surface area (Å²) in [4.78, 5) is 11.3. The molecule has 2 aromatic rings. The molecule has 31 heavy (non-hydrogen) atoms. The summed E-state index contributed by atoms with van der Waals surface area (Å²) < 4.78 is 50.0. The van der Waals surface area contributed by atoms with Crippen LogP contribution >= 0.6 is 0 Å². The van der Waals surface area contributed by atoms with Crippen molar-refractivity contribution in [3.8, 4) is 17.0 Å². The van der Waals surface area contributed by atoms with Crippen molar-refractivity contribution in [2.24, 2.45) is 11.8 Å². The first-order valence-electron chi connectivity index (χ1n) is 10.7. The summed E-state index contributed by atoms with van der Waals surface area (Å²) in [6, 6.07) is 1.27. The Bertz CT molecular complexity index is 1040. The number of anilines is 1. The van der Waals surface area contributed by atoms with E-state index in [1.165, 1.54) is 12.3 Å². The van der Waals surface area contributed by atoms with Crippen LogP contribution in [0.4, 0.5) is 19.0 Å². The van der Waals surface area contributed by atoms with E-state index in [4.69, 9.17) is 15.5 Å². The van der Waals surface area contributed by atoms with Crippen molar-refractivity contribution in [2.45, 2.75) is 43.6 Å². The van der Waals surface area contributed by atoms with Gasteiger partial charge in [-0.25, -0.2) is 9.97 Å². The molecule has 1 saturated heterocycles. The summed E-state index contributed by atoms with van der Waals surface area (Å²) >= 11 is 0. The van der Waals surface area contributed by atoms with Gasteiger partial charge in [0.15, 0.2) is 11.6 Å². The normalized spacial score (nSPS) is 34.3. The van der Waals surface area contributed by atoms with Gasteiger partial charge in [0.2, 0.25) is 0 Å². The zero-order valence-corrected chi connectivity index (χ0v) is 17.2. The van der Waals surface area contributed by atoms with E-state index in [2.05, 4.69) is 26.1 Å². The largest absolute Gasteiger partial charge is 0.573 e. The molecule has 2 bridgehead atoms. The van der Waals surface area contributed by atoms with E-state index in [1.807, 2.05) is 6.20 Å². The molecule has 7 rings (SSSR count). The van der Waals surface area contributed by atoms with Crippen molar-refractivity contribution in [1.29, 1.82) is 0 Å². The summed E-state index contributed by atoms with van der Waals surface area (Å²) in [5.74, 6) is 1.26. The first-order chi connectivity index (χ1) is 14.7. The molecule has 0 radical (unpaired) electrons. The molecule has 10 heteroatoms. The number of fused-ring (bicyclic) bond motifs is 1. The Labute approximate surface area is 177 Å². The number of hydrogen-bond donors (Lipinski definition) is 1. The van der Waals surface area contributed by atoms with Crippen LogP contribution in [0.1, 0.15) is 25.6 Å². The lowest BCUT2D eigenvalue weighted by Crippen LogP contribution is -2.88. The molecule has 0 amide bonds. The van der Waals surface area contributed by atoms with Crippen molar-refractivity contribution >= 4 is 5.82 Å². The van der Waals surface area contributed by atoms with Crippen molar-refractivity contribution in [3.05, 3.63) is 24.3 Å². The van der Waals surface area contributed by atoms with Crippen LogP contribution in [0.2, 0.25) is 0 Å². The van der Waals surface area contributed by atoms with Crippen LogP contribution in [-0.2, 0) is 16.7 Å². The maximum Gasteiger partial charge on any atom is 0.573 e. The van der Waals surface area contributed by atoms with Gasteiger partial charge in [0.1, 0.15) is 5.82 Å². The Balaban J connectivity index is 1.32. The van der Waals surface area contributed by atoms with E-state index in [0.717, 1.165) is 51.4 Å². The third kappa shape index (κ3) is 2.60. The van der Waals surface area contributed by atoms with E-state index in [1.54, 1.807) is 0 Å². The maximum absolute atomic E-state index is 12.7. The summed E-state index contributed by atoms with van der Waals surface area (Å²) in [5.41, 5.74) is 6.99. The number of nitrogen functional groups attached to an aromatic ring is 1. The van der Waals surface area contributed by atoms with Crippen molar-refractivity contribution in [2.75, 3.05) is 32.0 Å². The average molecular weight is 435 g/mol. The van der Waals surface area contributed by atoms with E-state index >= 15 is 0 Å². The highest BCUT2D eigenvalue weighted by atomic mass is 19.4. The molecule has 3 aliphatic carbocycles. The van der Waals surface area contributed by atoms with Gasteiger partial charge in [-0.2, -0.15) is 0 Å². The third-order valence-electron chi connectivity index (χ3n) is 7.76. The second-order valence-corrected chi connectivity index (χ2v) is 9.39. The van der Waals surface area contributed by atoms with Gasteiger partial charge in [-0.15, -0.1) is 13.2 Å². The quantitative estimate of drug-likeness (QED) is 0.799. The molecule has 2 atom stereocenters. The monoisotopic (exact) mass is 435 g/mol. The van der Waals surface area contributed by atoms with Gasteiger partial charge in [0.25, 0.3) is 0 Å². The lowest BCUT2D eigenvalue weighted by atomic mass is 9.33. The van der Waals surface area contributed by atoms with Crippen LogP contribution in [0.3, 0.4) is 0 Å². The molecule has 2 N–H and O–H groups in total. The van der Waals surface area contributed by atoms with Crippen molar-refractivity contribution < 1.29 is 22.6 Å². The number of ether oxygens (including phenoxy) is 2. The molecule has 1 spiro atoms. The Morgan fingerprint density at radius 1 is 1.23 bits per heavy atom. The lowest BCUT2D eigenvalue weighted by molar-refractivity contribution is -0.302. The number of hydrogen-bond acceptors (Lipinski definition) is 6. The summed E-state index contributed by atoms with van der Waals surface area (Å²) in [7, 11) is 0. The predicted octanol–water partition coefficient (Wildman–Crippen LogP) is 2.81. The summed E-state index contributed by atoms with van der Waals surface area (Å²) in [6.07, 6.45) is 1.64. The smallest absolute Gasteiger partial charge is 0.402 e. The van der Waals surface area contributed by atoms with Crippen LogP contribution in [-0.4, -0.2) is 57.6 Å². The number of morpholine rings is 1. The topological polar surface area (TPSA) is 78.4 Å². The average Bonchev–Trinajstić information content (AvgIpc) is 3.05. The van der Waals surface area contributed by atoms with Gasteiger partial charge in [-0.1, -0.05) is 6.92 Å². The van der Waals surface area contributed by atoms with E-state index < -0.39 is 12.1 Å². The number of imidazole rings is 1. The molecular formula is C21H24F3N5O2. The van der Waals surface area contributed by atoms with Gasteiger partial charge in [0, 0.05) is 48.9 Å². The zero-order chi connectivity index (χ0) is 21.6. The van der Waals surface area contributed by atoms with Crippen molar-refractivity contribution in [3.63, 3.8) is 0 Å². The van der Waals surface area contributed by atoms with Crippen LogP contribution in [0.15, 0.2) is 18.5 Å². The second-order valence-electron chi connectivity index (χ2n) is 9.39. The van der Waals surface area contributed by atoms with Gasteiger partial charge in [0.05, 0.1) is 24.4 Å². The number of halogens is 3. The number of alkyl halides is 3. The van der Waals surface area contributed by atoms with Gasteiger partial charge < -0.3 is 19.8 Å². The SMILES string of the molecule is CC1Cc2nc(-c3cnc(N)c(OC(F)(F)F)c3)cn2C23CC(N4CCOCC4)(C2)C13. The van der Waals surface area contributed by atoms with Crippen LogP contribution < -0.4 is 10.5 Å². The minimum absolute atomic E-state index is 0.0725. The molecule has 166 valence electrons. The number of rotatable bonds is 3. The molecule has 2 unspecified atom stereocenters. The number of aromatic nitrogens is 3. The molecule has 2 aromatic heterocycles. The van der Waals surface area contributed by atoms with E-state index in [-0.39, 0.29) is 16.9 Å². The molecular weight excluding hydrogens is 411 g/mol. The molecule has 0 aromatic carbocycles. The fourth-order valence-electron chi connectivity index (χ4n) is 6.79. The molecule has 2 aliphatic heterocycles. The van der Waals surface area contributed by atoms with E-state index in [9.17, 15) is 13.2 Å². The van der Waals surface area contributed by atoms with Crippen LogP contribution in [0.25, 0.3) is 11.3 Å². The summed E-state index contributed by atoms with van der Waals surface area (Å²) in [6.45, 7) is 5.86. The summed E-state index contributed by atoms with van der Waals surface area (Å²) in [5, 5.41) is 0. The molecule has 4 fully saturated rings. The van der Waals surface area contributed by atoms with E-state index in [0.29, 0.717) is 23.1 Å². The van der Waals surface area contributed by atoms with Gasteiger partial charge in [-0.3, -0.25) is 4.90 Å². The van der Waals surface area contributed by atoms with Crippen LogP contribution in [0, 0.1) is 11.8 Å².